The van der Waals surface area contributed by atoms with Crippen molar-refractivity contribution in [1.82, 2.24) is 30.5 Å². The van der Waals surface area contributed by atoms with Crippen LogP contribution in [0.2, 0.25) is 0 Å². The predicted molar refractivity (Wildman–Crippen MR) is 218 cm³/mol. The monoisotopic (exact) mass is 768 g/mol. The zero-order valence-electron chi connectivity index (χ0n) is 30.5. The minimum absolute atomic E-state index is 0.595. The van der Waals surface area contributed by atoms with Crippen molar-refractivity contribution in [3.05, 3.63) is 141 Å². The normalized spacial score (nSPS) is 10.8. The first-order valence-electron chi connectivity index (χ1n) is 17.1. The average Bonchev–Trinajstić information content (AvgIpc) is 4.06. The van der Waals surface area contributed by atoms with Gasteiger partial charge in [-0.25, -0.2) is 0 Å². The Hall–Kier alpha value is -5.82. The summed E-state index contributed by atoms with van der Waals surface area (Å²) in [6.07, 6.45) is 0. The summed E-state index contributed by atoms with van der Waals surface area (Å²) in [6, 6.07) is 37.3. The van der Waals surface area contributed by atoms with Crippen LogP contribution >= 0.6 is 34.0 Å². The van der Waals surface area contributed by atoms with E-state index >= 15 is 0 Å². The standard InChI is InChI=1S/3C14H12N2OS/c1-9-12(11-6-4-3-5-7-11)8-13(18-9)14-16-15-10(2)17-14;1-9-12(11-6-4-3-5-7-11)8-13(18-9)14-15-10(2)17-16-14;1-9-12(11-6-4-3-5-7-11)8-13(18-9)14-15-10(2)16-17-14/h3*3-8H,1-2H3. The first-order valence-corrected chi connectivity index (χ1v) is 19.6. The zero-order chi connectivity index (χ0) is 37.6. The second kappa shape index (κ2) is 16.5. The van der Waals surface area contributed by atoms with Gasteiger partial charge in [0, 0.05) is 28.5 Å². The van der Waals surface area contributed by atoms with Gasteiger partial charge in [-0.15, -0.1) is 44.2 Å². The number of benzene rings is 3. The molecule has 12 heteroatoms. The third-order valence-corrected chi connectivity index (χ3v) is 11.4. The highest BCUT2D eigenvalue weighted by atomic mass is 32.1. The Morgan fingerprint density at radius 3 is 1.31 bits per heavy atom. The number of hydrogen-bond donors (Lipinski definition) is 0. The van der Waals surface area contributed by atoms with Crippen molar-refractivity contribution in [1.29, 1.82) is 0 Å². The van der Waals surface area contributed by atoms with Crippen LogP contribution in [0.4, 0.5) is 0 Å². The number of nitrogens with zero attached hydrogens (tertiary/aromatic N) is 6. The summed E-state index contributed by atoms with van der Waals surface area (Å²) >= 11 is 5.05. The van der Waals surface area contributed by atoms with Gasteiger partial charge in [0.1, 0.15) is 0 Å². The molecule has 54 heavy (non-hydrogen) atoms. The molecule has 0 saturated carbocycles. The summed E-state index contributed by atoms with van der Waals surface area (Å²) in [4.78, 5) is 15.4. The average molecular weight is 769 g/mol. The van der Waals surface area contributed by atoms with Crippen molar-refractivity contribution in [2.24, 2.45) is 0 Å². The molecule has 270 valence electrons. The molecule has 9 aromatic rings. The van der Waals surface area contributed by atoms with Gasteiger partial charge >= 0.3 is 0 Å². The maximum Gasteiger partial charge on any atom is 0.268 e. The van der Waals surface area contributed by atoms with E-state index in [4.69, 9.17) is 13.5 Å². The quantitative estimate of drug-likeness (QED) is 0.163. The van der Waals surface area contributed by atoms with Gasteiger partial charge in [0.15, 0.2) is 5.82 Å². The molecule has 9 rings (SSSR count). The molecule has 0 N–H and O–H groups in total. The molecule has 3 aromatic carbocycles. The molecule has 6 aromatic heterocycles. The first-order chi connectivity index (χ1) is 26.2. The SMILES string of the molecule is Cc1nc(-c2cc(-c3ccccc3)c(C)s2)no1.Cc1nnc(-c2cc(-c3ccccc3)c(C)s2)o1.Cc1noc(-c2cc(-c3ccccc3)c(C)s2)n1. The highest BCUT2D eigenvalue weighted by Crippen LogP contribution is 2.38. The van der Waals surface area contributed by atoms with Gasteiger partial charge in [0.25, 0.3) is 11.8 Å². The second-order valence-electron chi connectivity index (χ2n) is 12.2. The van der Waals surface area contributed by atoms with Crippen LogP contribution < -0.4 is 0 Å². The van der Waals surface area contributed by atoms with Gasteiger partial charge in [-0.05, 0) is 79.3 Å². The second-order valence-corrected chi connectivity index (χ2v) is 16.0. The molecule has 0 atom stereocenters. The van der Waals surface area contributed by atoms with E-state index in [0.29, 0.717) is 35.2 Å². The molecule has 6 heterocycles. The zero-order valence-corrected chi connectivity index (χ0v) is 33.0. The first kappa shape index (κ1) is 36.5. The fraction of sp³-hybridized carbons (Fsp3) is 0.143. The highest BCUT2D eigenvalue weighted by Gasteiger charge is 2.15. The lowest BCUT2D eigenvalue weighted by Gasteiger charge is -1.97. The van der Waals surface area contributed by atoms with Gasteiger partial charge in [-0.3, -0.25) is 0 Å². The Kier molecular flexibility index (Phi) is 11.1. The van der Waals surface area contributed by atoms with Crippen molar-refractivity contribution in [3.63, 3.8) is 0 Å². The largest absolute Gasteiger partial charge is 0.420 e. The highest BCUT2D eigenvalue weighted by molar-refractivity contribution is 7.16. The van der Waals surface area contributed by atoms with E-state index in [0.717, 1.165) is 14.6 Å². The molecular formula is C42H36N6O3S3. The number of thiophene rings is 3. The van der Waals surface area contributed by atoms with E-state index in [1.807, 2.05) is 61.5 Å². The molecule has 0 unspecified atom stereocenters. The van der Waals surface area contributed by atoms with Crippen LogP contribution in [0.25, 0.3) is 65.6 Å². The van der Waals surface area contributed by atoms with Gasteiger partial charge in [0.05, 0.1) is 14.6 Å². The molecule has 0 aliphatic rings. The summed E-state index contributed by atoms with van der Waals surface area (Å²) in [5.41, 5.74) is 7.34. The van der Waals surface area contributed by atoms with E-state index in [2.05, 4.69) is 106 Å². The molecule has 9 nitrogen and oxygen atoms in total. The van der Waals surface area contributed by atoms with Crippen molar-refractivity contribution in [3.8, 4) is 65.6 Å². The Labute approximate surface area is 325 Å². The van der Waals surface area contributed by atoms with Crippen molar-refractivity contribution < 1.29 is 13.5 Å². The summed E-state index contributed by atoms with van der Waals surface area (Å²) in [5, 5.41) is 15.7. The van der Waals surface area contributed by atoms with E-state index in [-0.39, 0.29) is 0 Å². The minimum atomic E-state index is 0.595. The molecule has 0 bridgehead atoms. The number of rotatable bonds is 6. The van der Waals surface area contributed by atoms with E-state index in [1.165, 1.54) is 48.0 Å². The van der Waals surface area contributed by atoms with Crippen LogP contribution in [0, 0.1) is 41.5 Å². The van der Waals surface area contributed by atoms with Crippen LogP contribution in [0.3, 0.4) is 0 Å². The van der Waals surface area contributed by atoms with Crippen LogP contribution in [0.5, 0.6) is 0 Å². The Morgan fingerprint density at radius 1 is 0.444 bits per heavy atom. The summed E-state index contributed by atoms with van der Waals surface area (Å²) < 4.78 is 15.7. The molecule has 0 spiro atoms. The third kappa shape index (κ3) is 8.52. The Morgan fingerprint density at radius 2 is 0.907 bits per heavy atom. The lowest BCUT2D eigenvalue weighted by atomic mass is 10.1. The fourth-order valence-corrected chi connectivity index (χ4v) is 8.57. The molecule has 0 saturated heterocycles. The Bertz CT molecular complexity index is 2300. The van der Waals surface area contributed by atoms with Crippen molar-refractivity contribution in [2.45, 2.75) is 41.5 Å². The van der Waals surface area contributed by atoms with Crippen molar-refractivity contribution >= 4 is 34.0 Å². The number of aromatic nitrogens is 6. The van der Waals surface area contributed by atoms with Crippen LogP contribution in [-0.2, 0) is 0 Å². The smallest absolute Gasteiger partial charge is 0.268 e. The van der Waals surface area contributed by atoms with Crippen LogP contribution in [-0.4, -0.2) is 30.5 Å². The molecule has 0 amide bonds. The van der Waals surface area contributed by atoms with Gasteiger partial charge in [0.2, 0.25) is 17.6 Å². The van der Waals surface area contributed by atoms with E-state index in [9.17, 15) is 0 Å². The molecule has 0 aliphatic heterocycles. The number of aryl methyl sites for hydroxylation is 6. The number of hydrogen-bond acceptors (Lipinski definition) is 12. The fourth-order valence-electron chi connectivity index (χ4n) is 5.67. The molecule has 0 aliphatic carbocycles. The van der Waals surface area contributed by atoms with E-state index in [1.54, 1.807) is 47.9 Å². The Balaban J connectivity index is 0.000000125. The van der Waals surface area contributed by atoms with Crippen LogP contribution in [0.1, 0.15) is 32.2 Å². The van der Waals surface area contributed by atoms with Gasteiger partial charge in [-0.2, -0.15) is 9.97 Å². The predicted octanol–water partition coefficient (Wildman–Crippen LogP) is 12.2. The molecule has 0 fully saturated rings. The van der Waals surface area contributed by atoms with Gasteiger partial charge in [-0.1, -0.05) is 101 Å². The lowest BCUT2D eigenvalue weighted by Crippen LogP contribution is -1.76. The topological polar surface area (TPSA) is 117 Å². The lowest BCUT2D eigenvalue weighted by molar-refractivity contribution is 0.394. The maximum atomic E-state index is 5.46. The van der Waals surface area contributed by atoms with Crippen LogP contribution in [0.15, 0.2) is 123 Å². The summed E-state index contributed by atoms with van der Waals surface area (Å²) in [7, 11) is 0. The minimum Gasteiger partial charge on any atom is -0.420 e. The third-order valence-electron chi connectivity index (χ3n) is 8.23. The van der Waals surface area contributed by atoms with Gasteiger partial charge < -0.3 is 13.5 Å². The van der Waals surface area contributed by atoms with E-state index < -0.39 is 0 Å². The van der Waals surface area contributed by atoms with Crippen molar-refractivity contribution in [2.75, 3.05) is 0 Å². The maximum absolute atomic E-state index is 5.46. The molecule has 0 radical (unpaired) electrons. The molecular weight excluding hydrogens is 733 g/mol. The summed E-state index contributed by atoms with van der Waals surface area (Å²) in [6.45, 7) is 11.8. The summed E-state index contributed by atoms with van der Waals surface area (Å²) in [5.74, 6) is 3.72.